The number of thiazole rings is 1. The molecule has 0 bridgehead atoms. The molecule has 1 unspecified atom stereocenters. The summed E-state index contributed by atoms with van der Waals surface area (Å²) in [6, 6.07) is 10.7. The standard InChI is InChI=1S/C20H22N4OS/c1-14-12-21-24(13-14)10-9-19(25)23-20-22-17-8-7-16(11-18(17)26-20)15-5-3-2-4-6-15/h2-6,12-13,16H,7-11H2,1H3,(H,22,23,25). The molecule has 1 N–H and O–H groups in total. The molecule has 0 aliphatic heterocycles. The minimum Gasteiger partial charge on any atom is -0.302 e. The third kappa shape index (κ3) is 3.85. The van der Waals surface area contributed by atoms with Crippen molar-refractivity contribution < 1.29 is 4.79 Å². The Kier molecular flexibility index (Phi) is 4.84. The van der Waals surface area contributed by atoms with Gasteiger partial charge in [-0.2, -0.15) is 5.10 Å². The molecule has 1 aromatic carbocycles. The summed E-state index contributed by atoms with van der Waals surface area (Å²) in [5, 5.41) is 7.89. The predicted molar refractivity (Wildman–Crippen MR) is 104 cm³/mol. The van der Waals surface area contributed by atoms with Gasteiger partial charge in [0.05, 0.1) is 11.9 Å². The van der Waals surface area contributed by atoms with E-state index in [1.165, 1.54) is 10.4 Å². The summed E-state index contributed by atoms with van der Waals surface area (Å²) in [5.41, 5.74) is 3.65. The van der Waals surface area contributed by atoms with Crippen LogP contribution in [0.15, 0.2) is 42.7 Å². The summed E-state index contributed by atoms with van der Waals surface area (Å²) in [7, 11) is 0. The molecule has 0 fully saturated rings. The highest BCUT2D eigenvalue weighted by Gasteiger charge is 2.24. The quantitative estimate of drug-likeness (QED) is 0.744. The summed E-state index contributed by atoms with van der Waals surface area (Å²) in [6.07, 6.45) is 7.26. The highest BCUT2D eigenvalue weighted by molar-refractivity contribution is 7.15. The average molecular weight is 366 g/mol. The predicted octanol–water partition coefficient (Wildman–Crippen LogP) is 3.95. The van der Waals surface area contributed by atoms with Crippen molar-refractivity contribution in [1.29, 1.82) is 0 Å². The monoisotopic (exact) mass is 366 g/mol. The first-order chi connectivity index (χ1) is 12.7. The fourth-order valence-electron chi connectivity index (χ4n) is 3.43. The fraction of sp³-hybridized carbons (Fsp3) is 0.350. The van der Waals surface area contributed by atoms with Crippen LogP contribution in [0, 0.1) is 6.92 Å². The molecule has 0 saturated carbocycles. The van der Waals surface area contributed by atoms with E-state index in [-0.39, 0.29) is 5.91 Å². The number of hydrogen-bond donors (Lipinski definition) is 1. The van der Waals surface area contributed by atoms with Gasteiger partial charge >= 0.3 is 0 Å². The van der Waals surface area contributed by atoms with Gasteiger partial charge in [-0.15, -0.1) is 11.3 Å². The number of rotatable bonds is 5. The molecular weight excluding hydrogens is 344 g/mol. The van der Waals surface area contributed by atoms with Gasteiger partial charge < -0.3 is 5.32 Å². The number of carbonyl (C=O) groups is 1. The maximum absolute atomic E-state index is 12.2. The number of aromatic nitrogens is 3. The third-order valence-electron chi connectivity index (χ3n) is 4.79. The van der Waals surface area contributed by atoms with E-state index in [4.69, 9.17) is 0 Å². The molecule has 1 amide bonds. The van der Waals surface area contributed by atoms with Crippen LogP contribution in [0.2, 0.25) is 0 Å². The second kappa shape index (κ2) is 7.41. The molecule has 134 valence electrons. The number of nitrogens with one attached hydrogen (secondary N) is 1. The molecule has 1 aliphatic carbocycles. The Hall–Kier alpha value is -2.47. The first kappa shape index (κ1) is 17.0. The number of anilines is 1. The Morgan fingerprint density at radius 1 is 1.35 bits per heavy atom. The SMILES string of the molecule is Cc1cnn(CCC(=O)Nc2nc3c(s2)CC(c2ccccc2)CC3)c1. The van der Waals surface area contributed by atoms with Gasteiger partial charge in [0.25, 0.3) is 0 Å². The number of carbonyl (C=O) groups excluding carboxylic acids is 1. The zero-order valence-corrected chi connectivity index (χ0v) is 15.6. The summed E-state index contributed by atoms with van der Waals surface area (Å²) < 4.78 is 1.80. The van der Waals surface area contributed by atoms with Crippen LogP contribution in [0.1, 0.15) is 40.5 Å². The van der Waals surface area contributed by atoms with Crippen molar-refractivity contribution in [3.63, 3.8) is 0 Å². The molecule has 5 nitrogen and oxygen atoms in total. The number of nitrogens with zero attached hydrogens (tertiary/aromatic N) is 3. The Morgan fingerprint density at radius 2 is 2.19 bits per heavy atom. The lowest BCUT2D eigenvalue weighted by molar-refractivity contribution is -0.116. The van der Waals surface area contributed by atoms with Crippen molar-refractivity contribution in [2.45, 2.75) is 45.1 Å². The van der Waals surface area contributed by atoms with Crippen LogP contribution in [-0.4, -0.2) is 20.7 Å². The van der Waals surface area contributed by atoms with Crippen molar-refractivity contribution in [3.8, 4) is 0 Å². The van der Waals surface area contributed by atoms with Gasteiger partial charge in [-0.1, -0.05) is 30.3 Å². The van der Waals surface area contributed by atoms with Crippen molar-refractivity contribution in [2.75, 3.05) is 5.32 Å². The number of aryl methyl sites for hydroxylation is 3. The minimum atomic E-state index is -0.0103. The molecule has 0 radical (unpaired) electrons. The highest BCUT2D eigenvalue weighted by atomic mass is 32.1. The number of hydrogen-bond acceptors (Lipinski definition) is 4. The second-order valence-corrected chi connectivity index (χ2v) is 7.90. The van der Waals surface area contributed by atoms with E-state index in [0.717, 1.165) is 35.7 Å². The van der Waals surface area contributed by atoms with Gasteiger partial charge in [-0.3, -0.25) is 9.48 Å². The summed E-state index contributed by atoms with van der Waals surface area (Å²) in [5.74, 6) is 0.541. The maximum Gasteiger partial charge on any atom is 0.228 e. The maximum atomic E-state index is 12.2. The van der Waals surface area contributed by atoms with Crippen molar-refractivity contribution in [1.82, 2.24) is 14.8 Å². The summed E-state index contributed by atoms with van der Waals surface area (Å²) in [4.78, 5) is 18.2. The Morgan fingerprint density at radius 3 is 2.96 bits per heavy atom. The minimum absolute atomic E-state index is 0.0103. The Bertz CT molecular complexity index is 900. The summed E-state index contributed by atoms with van der Waals surface area (Å²) >= 11 is 1.62. The van der Waals surface area contributed by atoms with Crippen LogP contribution in [0.3, 0.4) is 0 Å². The zero-order chi connectivity index (χ0) is 17.9. The van der Waals surface area contributed by atoms with E-state index in [1.807, 2.05) is 13.1 Å². The lowest BCUT2D eigenvalue weighted by Gasteiger charge is -2.21. The lowest BCUT2D eigenvalue weighted by atomic mass is 9.85. The van der Waals surface area contributed by atoms with Gasteiger partial charge in [0.15, 0.2) is 5.13 Å². The fourth-order valence-corrected chi connectivity index (χ4v) is 4.53. The first-order valence-corrected chi connectivity index (χ1v) is 9.81. The average Bonchev–Trinajstić information content (AvgIpc) is 3.25. The number of fused-ring (bicyclic) bond motifs is 1. The molecule has 3 aromatic rings. The van der Waals surface area contributed by atoms with Crippen molar-refractivity contribution in [2.24, 2.45) is 0 Å². The van der Waals surface area contributed by atoms with Crippen LogP contribution in [0.5, 0.6) is 0 Å². The largest absolute Gasteiger partial charge is 0.302 e. The van der Waals surface area contributed by atoms with Crippen molar-refractivity contribution >= 4 is 22.4 Å². The molecule has 4 rings (SSSR count). The molecule has 1 aliphatic rings. The molecule has 6 heteroatoms. The topological polar surface area (TPSA) is 59.8 Å². The van der Waals surface area contributed by atoms with E-state index >= 15 is 0 Å². The third-order valence-corrected chi connectivity index (χ3v) is 5.82. The van der Waals surface area contributed by atoms with Crippen LogP contribution in [-0.2, 0) is 24.2 Å². The van der Waals surface area contributed by atoms with Gasteiger partial charge in [0.2, 0.25) is 5.91 Å². The van der Waals surface area contributed by atoms with Gasteiger partial charge in [0, 0.05) is 24.0 Å². The van der Waals surface area contributed by atoms with E-state index in [9.17, 15) is 4.79 Å². The van der Waals surface area contributed by atoms with Gasteiger partial charge in [-0.05, 0) is 43.2 Å². The molecular formula is C20H22N4OS. The van der Waals surface area contributed by atoms with Crippen LogP contribution >= 0.6 is 11.3 Å². The number of amides is 1. The molecule has 2 heterocycles. The smallest absolute Gasteiger partial charge is 0.228 e. The van der Waals surface area contributed by atoms with Gasteiger partial charge in [-0.25, -0.2) is 4.98 Å². The zero-order valence-electron chi connectivity index (χ0n) is 14.8. The van der Waals surface area contributed by atoms with E-state index < -0.39 is 0 Å². The van der Waals surface area contributed by atoms with Crippen LogP contribution in [0.4, 0.5) is 5.13 Å². The van der Waals surface area contributed by atoms with Crippen LogP contribution in [0.25, 0.3) is 0 Å². The van der Waals surface area contributed by atoms with E-state index in [2.05, 4.69) is 45.7 Å². The molecule has 2 aromatic heterocycles. The lowest BCUT2D eigenvalue weighted by Crippen LogP contribution is -2.14. The van der Waals surface area contributed by atoms with Crippen molar-refractivity contribution in [3.05, 3.63) is 64.4 Å². The Labute approximate surface area is 157 Å². The first-order valence-electron chi connectivity index (χ1n) is 9.00. The van der Waals surface area contributed by atoms with Crippen LogP contribution < -0.4 is 5.32 Å². The molecule has 0 saturated heterocycles. The highest BCUT2D eigenvalue weighted by Crippen LogP contribution is 2.36. The van der Waals surface area contributed by atoms with E-state index in [1.54, 1.807) is 22.2 Å². The Balaban J connectivity index is 1.36. The molecule has 26 heavy (non-hydrogen) atoms. The molecule has 1 atom stereocenters. The molecule has 0 spiro atoms. The summed E-state index contributed by atoms with van der Waals surface area (Å²) in [6.45, 7) is 2.58. The number of benzene rings is 1. The second-order valence-electron chi connectivity index (χ2n) is 6.82. The normalized spacial score (nSPS) is 16.3. The van der Waals surface area contributed by atoms with Gasteiger partial charge in [0.1, 0.15) is 0 Å². The van der Waals surface area contributed by atoms with E-state index in [0.29, 0.717) is 18.9 Å².